The van der Waals surface area contributed by atoms with Gasteiger partial charge in [-0.1, -0.05) is 6.92 Å². The number of aliphatic hydroxyl groups is 1. The number of rotatable bonds is 4. The fourth-order valence-electron chi connectivity index (χ4n) is 1.78. The molecule has 3 atom stereocenters. The minimum absolute atomic E-state index is 0.238. The van der Waals surface area contributed by atoms with E-state index in [1.807, 2.05) is 0 Å². The number of aliphatic hydroxyl groups excluding tert-OH is 1. The van der Waals surface area contributed by atoms with Crippen LogP contribution in [0.15, 0.2) is 0 Å². The van der Waals surface area contributed by atoms with Crippen molar-refractivity contribution in [3.05, 3.63) is 0 Å². The molecule has 2 N–H and O–H groups in total. The molecule has 0 aromatic rings. The molecule has 2 unspecified atom stereocenters. The molecule has 13 heavy (non-hydrogen) atoms. The maximum absolute atomic E-state index is 9.03. The minimum atomic E-state index is 0.238. The van der Waals surface area contributed by atoms with Crippen LogP contribution in [0.25, 0.3) is 0 Å². The fraction of sp³-hybridized carbons (Fsp3) is 1.00. The Morgan fingerprint density at radius 1 is 1.62 bits per heavy atom. The Hall–Kier alpha value is -0.120. The summed E-state index contributed by atoms with van der Waals surface area (Å²) in [6.07, 6.45) is 3.49. The van der Waals surface area contributed by atoms with Crippen LogP contribution >= 0.6 is 0 Å². The first kappa shape index (κ1) is 11.0. The van der Waals surface area contributed by atoms with Crippen molar-refractivity contribution >= 4 is 0 Å². The average molecular weight is 187 g/mol. The quantitative estimate of drug-likeness (QED) is 0.687. The maximum Gasteiger partial charge on any atom is 0.0584 e. The molecule has 1 aliphatic rings. The zero-order valence-corrected chi connectivity index (χ0v) is 8.62. The molecule has 0 aromatic carbocycles. The highest BCUT2D eigenvalue weighted by Crippen LogP contribution is 2.13. The second kappa shape index (κ2) is 5.58. The number of hydrogen-bond acceptors (Lipinski definition) is 3. The highest BCUT2D eigenvalue weighted by molar-refractivity contribution is 4.78. The molecule has 3 heteroatoms. The number of nitrogens with one attached hydrogen (secondary N) is 1. The largest absolute Gasteiger partial charge is 0.395 e. The lowest BCUT2D eigenvalue weighted by molar-refractivity contribution is 0.00958. The third-order valence-corrected chi connectivity index (χ3v) is 2.67. The van der Waals surface area contributed by atoms with Gasteiger partial charge in [0.15, 0.2) is 0 Å². The lowest BCUT2D eigenvalue weighted by atomic mass is 10.0. The van der Waals surface area contributed by atoms with Crippen LogP contribution in [0.1, 0.15) is 33.1 Å². The normalized spacial score (nSPS) is 31.6. The van der Waals surface area contributed by atoms with E-state index in [4.69, 9.17) is 9.84 Å². The van der Waals surface area contributed by atoms with Crippen molar-refractivity contribution in [2.75, 3.05) is 13.2 Å². The Morgan fingerprint density at radius 2 is 2.38 bits per heavy atom. The summed E-state index contributed by atoms with van der Waals surface area (Å²) < 4.78 is 5.45. The molecule has 1 fully saturated rings. The summed E-state index contributed by atoms with van der Waals surface area (Å²) in [5.41, 5.74) is 0. The summed E-state index contributed by atoms with van der Waals surface area (Å²) in [5.74, 6) is 0. The van der Waals surface area contributed by atoms with Crippen LogP contribution in [0.2, 0.25) is 0 Å². The van der Waals surface area contributed by atoms with Crippen molar-refractivity contribution < 1.29 is 9.84 Å². The molecule has 1 rings (SSSR count). The molecule has 1 aliphatic heterocycles. The Labute approximate surface area is 80.5 Å². The fourth-order valence-corrected chi connectivity index (χ4v) is 1.78. The predicted octanol–water partition coefficient (Wildman–Crippen LogP) is 0.914. The molecule has 0 radical (unpaired) electrons. The molecule has 3 nitrogen and oxygen atoms in total. The smallest absolute Gasteiger partial charge is 0.0584 e. The zero-order chi connectivity index (χ0) is 9.68. The van der Waals surface area contributed by atoms with Gasteiger partial charge in [0.1, 0.15) is 0 Å². The molecule has 0 aliphatic carbocycles. The van der Waals surface area contributed by atoms with Gasteiger partial charge >= 0.3 is 0 Å². The minimum Gasteiger partial charge on any atom is -0.395 e. The van der Waals surface area contributed by atoms with Gasteiger partial charge < -0.3 is 15.2 Å². The van der Waals surface area contributed by atoms with Gasteiger partial charge in [-0.3, -0.25) is 0 Å². The second-order valence-electron chi connectivity index (χ2n) is 3.86. The van der Waals surface area contributed by atoms with Gasteiger partial charge in [0.2, 0.25) is 0 Å². The predicted molar refractivity (Wildman–Crippen MR) is 52.7 cm³/mol. The summed E-state index contributed by atoms with van der Waals surface area (Å²) in [5, 5.41) is 12.5. The molecule has 78 valence electrons. The van der Waals surface area contributed by atoms with E-state index >= 15 is 0 Å². The first-order valence-corrected chi connectivity index (χ1v) is 5.24. The van der Waals surface area contributed by atoms with Crippen LogP contribution in [0.3, 0.4) is 0 Å². The number of ether oxygens (including phenoxy) is 1. The topological polar surface area (TPSA) is 41.5 Å². The summed E-state index contributed by atoms with van der Waals surface area (Å²) >= 11 is 0. The van der Waals surface area contributed by atoms with E-state index < -0.39 is 0 Å². The monoisotopic (exact) mass is 187 g/mol. The third kappa shape index (κ3) is 3.63. The maximum atomic E-state index is 9.03. The van der Waals surface area contributed by atoms with Crippen molar-refractivity contribution in [3.63, 3.8) is 0 Å². The van der Waals surface area contributed by atoms with Crippen molar-refractivity contribution in [3.8, 4) is 0 Å². The molecule has 0 amide bonds. The van der Waals surface area contributed by atoms with Gasteiger partial charge in [0.05, 0.1) is 12.7 Å². The van der Waals surface area contributed by atoms with Crippen LogP contribution < -0.4 is 5.32 Å². The van der Waals surface area contributed by atoms with E-state index in [1.54, 1.807) is 0 Å². The van der Waals surface area contributed by atoms with Gasteiger partial charge in [-0.05, 0) is 26.2 Å². The van der Waals surface area contributed by atoms with E-state index in [9.17, 15) is 0 Å². The van der Waals surface area contributed by atoms with Crippen molar-refractivity contribution in [2.24, 2.45) is 0 Å². The second-order valence-corrected chi connectivity index (χ2v) is 3.86. The van der Waals surface area contributed by atoms with Gasteiger partial charge in [-0.25, -0.2) is 0 Å². The third-order valence-electron chi connectivity index (χ3n) is 2.67. The summed E-state index contributed by atoms with van der Waals surface area (Å²) in [6, 6.07) is 0.788. The van der Waals surface area contributed by atoms with Crippen LogP contribution in [-0.2, 0) is 4.74 Å². The van der Waals surface area contributed by atoms with E-state index in [0.717, 1.165) is 25.9 Å². The molecule has 0 saturated carbocycles. The molecule has 0 bridgehead atoms. The summed E-state index contributed by atoms with van der Waals surface area (Å²) in [4.78, 5) is 0. The van der Waals surface area contributed by atoms with E-state index in [-0.39, 0.29) is 12.6 Å². The van der Waals surface area contributed by atoms with Crippen molar-refractivity contribution in [1.29, 1.82) is 0 Å². The van der Waals surface area contributed by atoms with Crippen LogP contribution in [0.5, 0.6) is 0 Å². The molecular weight excluding hydrogens is 166 g/mol. The van der Waals surface area contributed by atoms with E-state index in [1.165, 1.54) is 0 Å². The first-order chi connectivity index (χ1) is 6.26. The molecule has 0 aromatic heterocycles. The van der Waals surface area contributed by atoms with Crippen LogP contribution in [0, 0.1) is 0 Å². The first-order valence-electron chi connectivity index (χ1n) is 5.24. The standard InChI is InChI=1S/C10H21NO2/c1-3-9(7-12)11-10-4-5-13-8(2)6-10/h8-12H,3-7H2,1-2H3/t8?,9-,10?/m1/s1. The molecule has 1 heterocycles. The molecule has 0 spiro atoms. The average Bonchev–Trinajstić information content (AvgIpc) is 2.14. The highest BCUT2D eigenvalue weighted by Gasteiger charge is 2.20. The van der Waals surface area contributed by atoms with E-state index in [2.05, 4.69) is 19.2 Å². The zero-order valence-electron chi connectivity index (χ0n) is 8.62. The Morgan fingerprint density at radius 3 is 2.92 bits per heavy atom. The SMILES string of the molecule is CC[C@H](CO)NC1CCOC(C)C1. The van der Waals surface area contributed by atoms with Crippen molar-refractivity contribution in [1.82, 2.24) is 5.32 Å². The van der Waals surface area contributed by atoms with Gasteiger partial charge in [-0.15, -0.1) is 0 Å². The lowest BCUT2D eigenvalue weighted by Crippen LogP contribution is -2.44. The molecule has 1 saturated heterocycles. The van der Waals surface area contributed by atoms with E-state index in [0.29, 0.717) is 12.1 Å². The van der Waals surface area contributed by atoms with Crippen LogP contribution in [0.4, 0.5) is 0 Å². The number of hydrogen-bond donors (Lipinski definition) is 2. The summed E-state index contributed by atoms with van der Waals surface area (Å²) in [6.45, 7) is 5.29. The van der Waals surface area contributed by atoms with Crippen LogP contribution in [-0.4, -0.2) is 36.5 Å². The Bertz CT molecular complexity index is 137. The molecular formula is C10H21NO2. The Kier molecular flexibility index (Phi) is 4.70. The highest BCUT2D eigenvalue weighted by atomic mass is 16.5. The van der Waals surface area contributed by atoms with Gasteiger partial charge in [0.25, 0.3) is 0 Å². The Balaban J connectivity index is 2.26. The lowest BCUT2D eigenvalue weighted by Gasteiger charge is -2.30. The summed E-state index contributed by atoms with van der Waals surface area (Å²) in [7, 11) is 0. The van der Waals surface area contributed by atoms with Gasteiger partial charge in [-0.2, -0.15) is 0 Å². The van der Waals surface area contributed by atoms with Gasteiger partial charge in [0, 0.05) is 18.7 Å². The van der Waals surface area contributed by atoms with Crippen molar-refractivity contribution in [2.45, 2.75) is 51.3 Å².